The van der Waals surface area contributed by atoms with Crippen molar-refractivity contribution in [2.24, 2.45) is 7.05 Å². The summed E-state index contributed by atoms with van der Waals surface area (Å²) < 4.78 is 11.2. The predicted octanol–water partition coefficient (Wildman–Crippen LogP) is 2.50. The van der Waals surface area contributed by atoms with Gasteiger partial charge in [-0.2, -0.15) is 2.78 Å². The Labute approximate surface area is 140 Å². The third-order valence-corrected chi connectivity index (χ3v) is 5.40. The fourth-order valence-electron chi connectivity index (χ4n) is 2.56. The lowest BCUT2D eigenvalue weighted by Crippen LogP contribution is -2.34. The smallest absolute Gasteiger partial charge is 0.298 e. The van der Waals surface area contributed by atoms with Gasteiger partial charge in [-0.05, 0) is 35.1 Å². The molecule has 19 heavy (non-hydrogen) atoms. The zero-order chi connectivity index (χ0) is 13.4. The summed E-state index contributed by atoms with van der Waals surface area (Å²) in [6.07, 6.45) is 5.46. The summed E-state index contributed by atoms with van der Waals surface area (Å²) in [4.78, 5) is 2.44. The fraction of sp³-hybridized carbons (Fsp3) is 0.462. The van der Waals surface area contributed by atoms with E-state index in [1.54, 1.807) is 0 Å². The monoisotopic (exact) mass is 484 g/mol. The van der Waals surface area contributed by atoms with Gasteiger partial charge in [0.2, 0.25) is 22.9 Å². The number of nitrogens with zero attached hydrogens (tertiary/aromatic N) is 3. The van der Waals surface area contributed by atoms with Crippen LogP contribution in [0.4, 0.5) is 5.69 Å². The molecule has 1 fully saturated rings. The standard InChI is InChI=1S/C13H16I2N3O/c1-16-9-11(17-4-2-7-19-8-6-17)12(14)10-3-5-18(15)13(10)16/h3,5,9H,2,4,6-8H2,1H3/q+1. The molecule has 0 bridgehead atoms. The van der Waals surface area contributed by atoms with Crippen LogP contribution in [0.15, 0.2) is 18.5 Å². The maximum absolute atomic E-state index is 5.55. The Morgan fingerprint density at radius 1 is 1.32 bits per heavy atom. The molecule has 0 saturated carbocycles. The molecular weight excluding hydrogens is 468 g/mol. The summed E-state index contributed by atoms with van der Waals surface area (Å²) >= 11 is 4.80. The first-order chi connectivity index (χ1) is 9.18. The van der Waals surface area contributed by atoms with Crippen LogP contribution in [0.25, 0.3) is 11.0 Å². The van der Waals surface area contributed by atoms with Crippen molar-refractivity contribution in [2.75, 3.05) is 31.2 Å². The van der Waals surface area contributed by atoms with Crippen molar-refractivity contribution in [2.45, 2.75) is 6.42 Å². The highest BCUT2D eigenvalue weighted by Gasteiger charge is 2.21. The first-order valence-electron chi connectivity index (χ1n) is 6.36. The summed E-state index contributed by atoms with van der Waals surface area (Å²) in [6.45, 7) is 3.76. The molecule has 0 aromatic carbocycles. The summed E-state index contributed by atoms with van der Waals surface area (Å²) in [7, 11) is 2.12. The Bertz CT molecular complexity index is 603. The average molecular weight is 484 g/mol. The van der Waals surface area contributed by atoms with Crippen LogP contribution in [0.2, 0.25) is 0 Å². The van der Waals surface area contributed by atoms with E-state index in [2.05, 4.69) is 83.2 Å². The van der Waals surface area contributed by atoms with Crippen LogP contribution in [-0.4, -0.2) is 29.1 Å². The van der Waals surface area contributed by atoms with Gasteiger partial charge in [-0.25, -0.2) is 4.57 Å². The molecule has 1 saturated heterocycles. The Hall–Kier alpha value is -0.0900. The van der Waals surface area contributed by atoms with Crippen molar-refractivity contribution in [1.82, 2.24) is 2.78 Å². The highest BCUT2D eigenvalue weighted by Crippen LogP contribution is 2.29. The van der Waals surface area contributed by atoms with E-state index in [-0.39, 0.29) is 0 Å². The molecule has 1 aliphatic rings. The number of rotatable bonds is 1. The number of pyridine rings is 1. The van der Waals surface area contributed by atoms with Crippen LogP contribution in [0, 0.1) is 3.57 Å². The molecule has 1 aliphatic heterocycles. The van der Waals surface area contributed by atoms with Gasteiger partial charge in [0.25, 0.3) is 5.65 Å². The minimum absolute atomic E-state index is 0.825. The minimum Gasteiger partial charge on any atom is -0.380 e. The molecule has 0 N–H and O–H groups in total. The van der Waals surface area contributed by atoms with E-state index in [4.69, 9.17) is 4.74 Å². The Kier molecular flexibility index (Phi) is 4.18. The SMILES string of the molecule is C[n+]1cc(N2CCCOCC2)c(I)c2ccn(I)c21. The fourth-order valence-corrected chi connectivity index (χ4v) is 4.22. The number of hydrogen-bond donors (Lipinski definition) is 0. The largest absolute Gasteiger partial charge is 0.380 e. The second-order valence-electron chi connectivity index (χ2n) is 4.76. The molecule has 0 spiro atoms. The molecule has 3 heterocycles. The highest BCUT2D eigenvalue weighted by molar-refractivity contribution is 14.1. The Morgan fingerprint density at radius 3 is 3.00 bits per heavy atom. The molecule has 102 valence electrons. The summed E-state index contributed by atoms with van der Waals surface area (Å²) in [5, 5.41) is 1.32. The van der Waals surface area contributed by atoms with Gasteiger partial charge in [-0.15, -0.1) is 0 Å². The third kappa shape index (κ3) is 2.58. The maximum Gasteiger partial charge on any atom is 0.298 e. The topological polar surface area (TPSA) is 21.3 Å². The maximum atomic E-state index is 5.55. The first kappa shape index (κ1) is 13.9. The lowest BCUT2D eigenvalue weighted by Gasteiger charge is -2.22. The first-order valence-corrected chi connectivity index (χ1v) is 8.41. The summed E-state index contributed by atoms with van der Waals surface area (Å²) in [5.41, 5.74) is 2.57. The number of fused-ring (bicyclic) bond motifs is 1. The van der Waals surface area contributed by atoms with E-state index >= 15 is 0 Å². The number of aromatic nitrogens is 2. The van der Waals surface area contributed by atoms with Crippen LogP contribution in [-0.2, 0) is 11.8 Å². The summed E-state index contributed by atoms with van der Waals surface area (Å²) in [5.74, 6) is 0. The van der Waals surface area contributed by atoms with Gasteiger partial charge in [0.1, 0.15) is 12.4 Å². The second-order valence-corrected chi connectivity index (χ2v) is 6.87. The number of aryl methyl sites for hydroxylation is 1. The van der Waals surface area contributed by atoms with Crippen LogP contribution in [0.1, 0.15) is 6.42 Å². The molecule has 4 nitrogen and oxygen atoms in total. The molecule has 6 heteroatoms. The molecule has 3 rings (SSSR count). The van der Waals surface area contributed by atoms with E-state index < -0.39 is 0 Å². The van der Waals surface area contributed by atoms with Crippen LogP contribution in [0.3, 0.4) is 0 Å². The van der Waals surface area contributed by atoms with Crippen LogP contribution < -0.4 is 9.47 Å². The Morgan fingerprint density at radius 2 is 2.16 bits per heavy atom. The van der Waals surface area contributed by atoms with Gasteiger partial charge in [0, 0.05) is 19.7 Å². The lowest BCUT2D eigenvalue weighted by atomic mass is 10.2. The third-order valence-electron chi connectivity index (χ3n) is 3.49. The van der Waals surface area contributed by atoms with E-state index in [1.165, 1.54) is 20.3 Å². The van der Waals surface area contributed by atoms with Gasteiger partial charge in [-0.1, -0.05) is 0 Å². The molecule has 0 aliphatic carbocycles. The molecule has 0 amide bonds. The normalized spacial score (nSPS) is 16.9. The summed E-state index contributed by atoms with van der Waals surface area (Å²) in [6, 6.07) is 2.20. The van der Waals surface area contributed by atoms with Crippen molar-refractivity contribution in [1.29, 1.82) is 0 Å². The number of anilines is 1. The molecule has 0 radical (unpaired) electrons. The van der Waals surface area contributed by atoms with Gasteiger partial charge < -0.3 is 9.64 Å². The predicted molar refractivity (Wildman–Crippen MR) is 92.9 cm³/mol. The van der Waals surface area contributed by atoms with Crippen molar-refractivity contribution in [3.05, 3.63) is 22.0 Å². The van der Waals surface area contributed by atoms with E-state index in [0.717, 1.165) is 32.7 Å². The second kappa shape index (κ2) is 5.72. The van der Waals surface area contributed by atoms with E-state index in [9.17, 15) is 0 Å². The number of hydrogen-bond acceptors (Lipinski definition) is 2. The van der Waals surface area contributed by atoms with Gasteiger partial charge in [-0.3, -0.25) is 0 Å². The minimum atomic E-state index is 0.825. The highest BCUT2D eigenvalue weighted by atomic mass is 127. The zero-order valence-electron chi connectivity index (χ0n) is 10.8. The van der Waals surface area contributed by atoms with Crippen molar-refractivity contribution in [3.63, 3.8) is 0 Å². The molecule has 0 unspecified atom stereocenters. The molecule has 2 aromatic rings. The lowest BCUT2D eigenvalue weighted by molar-refractivity contribution is -0.646. The molecule has 2 aromatic heterocycles. The molecule has 0 atom stereocenters. The molecular formula is C13H16I2N3O+. The number of halogens is 2. The average Bonchev–Trinajstić information content (AvgIpc) is 2.63. The Balaban J connectivity index is 2.10. The van der Waals surface area contributed by atoms with Gasteiger partial charge in [0.05, 0.1) is 28.3 Å². The zero-order valence-corrected chi connectivity index (χ0v) is 15.1. The van der Waals surface area contributed by atoms with Crippen molar-refractivity contribution < 1.29 is 9.30 Å². The van der Waals surface area contributed by atoms with Crippen molar-refractivity contribution in [3.8, 4) is 0 Å². The number of ether oxygens (including phenoxy) is 1. The quantitative estimate of drug-likeness (QED) is 0.459. The van der Waals surface area contributed by atoms with E-state index in [0.29, 0.717) is 0 Å². The van der Waals surface area contributed by atoms with Crippen LogP contribution >= 0.6 is 45.5 Å². The van der Waals surface area contributed by atoms with Gasteiger partial charge >= 0.3 is 0 Å². The van der Waals surface area contributed by atoms with Crippen LogP contribution in [0.5, 0.6) is 0 Å². The van der Waals surface area contributed by atoms with E-state index in [1.807, 2.05) is 0 Å². The van der Waals surface area contributed by atoms with Gasteiger partial charge in [0.15, 0.2) is 0 Å². The van der Waals surface area contributed by atoms with Crippen molar-refractivity contribution >= 4 is 62.2 Å².